The van der Waals surface area contributed by atoms with Crippen LogP contribution in [0.15, 0.2) is 34.4 Å². The van der Waals surface area contributed by atoms with Crippen molar-refractivity contribution in [1.82, 2.24) is 4.98 Å². The largest absolute Gasteiger partial charge is 0.324 e. The number of aromatic nitrogens is 1. The molecule has 0 fully saturated rings. The fraction of sp³-hybridized carbons (Fsp3) is 0.286. The number of amides is 1. The van der Waals surface area contributed by atoms with Gasteiger partial charge in [-0.3, -0.25) is 9.78 Å². The first-order valence-corrected chi connectivity index (χ1v) is 7.89. The van der Waals surface area contributed by atoms with Gasteiger partial charge in [-0.05, 0) is 58.3 Å². The molecule has 0 aromatic carbocycles. The number of aryl methyl sites for hydroxylation is 1. The molecular formula is C14H13BrN2OS. The molecule has 0 saturated heterocycles. The predicted octanol–water partition coefficient (Wildman–Crippen LogP) is 3.96. The summed E-state index contributed by atoms with van der Waals surface area (Å²) in [6.07, 6.45) is 6.49. The first kappa shape index (κ1) is 12.8. The lowest BCUT2D eigenvalue weighted by Crippen LogP contribution is -2.24. The average molecular weight is 337 g/mol. The average Bonchev–Trinajstić information content (AvgIpc) is 2.89. The lowest BCUT2D eigenvalue weighted by molar-refractivity contribution is -0.117. The Morgan fingerprint density at radius 1 is 1.47 bits per heavy atom. The summed E-state index contributed by atoms with van der Waals surface area (Å²) in [6.45, 7) is 0. The van der Waals surface area contributed by atoms with E-state index in [0.29, 0.717) is 0 Å². The summed E-state index contributed by atoms with van der Waals surface area (Å²) in [4.78, 5) is 17.8. The number of thiophene rings is 1. The molecule has 2 heterocycles. The van der Waals surface area contributed by atoms with Gasteiger partial charge in [0.05, 0.1) is 16.1 Å². The molecule has 0 aliphatic heterocycles. The van der Waals surface area contributed by atoms with Gasteiger partial charge in [-0.1, -0.05) is 0 Å². The van der Waals surface area contributed by atoms with E-state index < -0.39 is 0 Å². The highest BCUT2D eigenvalue weighted by atomic mass is 79.9. The third-order valence-corrected chi connectivity index (χ3v) is 5.03. The normalized spacial score (nSPS) is 17.8. The first-order chi connectivity index (χ1) is 9.25. The number of nitrogens with zero attached hydrogens (tertiary/aromatic N) is 1. The van der Waals surface area contributed by atoms with Gasteiger partial charge in [0.25, 0.3) is 0 Å². The van der Waals surface area contributed by atoms with Crippen molar-refractivity contribution >= 4 is 38.9 Å². The lowest BCUT2D eigenvalue weighted by atomic mass is 9.87. The van der Waals surface area contributed by atoms with E-state index in [0.717, 1.165) is 29.4 Å². The Balaban J connectivity index is 1.81. The number of fused-ring (bicyclic) bond motifs is 1. The molecule has 19 heavy (non-hydrogen) atoms. The molecule has 0 saturated carbocycles. The van der Waals surface area contributed by atoms with E-state index in [9.17, 15) is 4.79 Å². The van der Waals surface area contributed by atoms with E-state index >= 15 is 0 Å². The molecule has 3 nitrogen and oxygen atoms in total. The highest BCUT2D eigenvalue weighted by molar-refractivity contribution is 9.10. The van der Waals surface area contributed by atoms with Crippen molar-refractivity contribution in [3.8, 4) is 0 Å². The molecule has 1 atom stereocenters. The van der Waals surface area contributed by atoms with Gasteiger partial charge in [-0.15, -0.1) is 11.3 Å². The minimum Gasteiger partial charge on any atom is -0.324 e. The molecule has 0 radical (unpaired) electrons. The molecule has 2 aromatic rings. The summed E-state index contributed by atoms with van der Waals surface area (Å²) in [5.41, 5.74) is 1.99. The topological polar surface area (TPSA) is 42.0 Å². The molecule has 1 aliphatic carbocycles. The van der Waals surface area contributed by atoms with Crippen molar-refractivity contribution in [2.24, 2.45) is 0 Å². The number of nitrogens with one attached hydrogen (secondary N) is 1. The third-order valence-electron chi connectivity index (χ3n) is 3.40. The van der Waals surface area contributed by atoms with Crippen LogP contribution in [0.3, 0.4) is 0 Å². The predicted molar refractivity (Wildman–Crippen MR) is 80.6 cm³/mol. The van der Waals surface area contributed by atoms with Crippen LogP contribution in [0.1, 0.15) is 29.2 Å². The monoisotopic (exact) mass is 336 g/mol. The van der Waals surface area contributed by atoms with Gasteiger partial charge < -0.3 is 5.32 Å². The molecule has 1 N–H and O–H groups in total. The number of hydrogen-bond acceptors (Lipinski definition) is 3. The summed E-state index contributed by atoms with van der Waals surface area (Å²) in [7, 11) is 0. The number of carbonyl (C=O) groups excluding carboxylic acids is 1. The lowest BCUT2D eigenvalue weighted by Gasteiger charge is -2.22. The minimum absolute atomic E-state index is 0.0185. The molecule has 1 aliphatic rings. The maximum absolute atomic E-state index is 12.4. The highest BCUT2D eigenvalue weighted by Gasteiger charge is 2.27. The van der Waals surface area contributed by atoms with Crippen LogP contribution in [-0.2, 0) is 11.2 Å². The Kier molecular flexibility index (Phi) is 3.66. The van der Waals surface area contributed by atoms with Crippen LogP contribution in [-0.4, -0.2) is 10.9 Å². The van der Waals surface area contributed by atoms with E-state index in [1.807, 2.05) is 0 Å². The number of halogens is 1. The number of anilines is 1. The molecular weight excluding hydrogens is 324 g/mol. The fourth-order valence-electron chi connectivity index (χ4n) is 2.46. The zero-order valence-electron chi connectivity index (χ0n) is 10.2. The maximum atomic E-state index is 12.4. The van der Waals surface area contributed by atoms with Crippen LogP contribution in [0.25, 0.3) is 0 Å². The highest BCUT2D eigenvalue weighted by Crippen LogP contribution is 2.36. The van der Waals surface area contributed by atoms with Crippen LogP contribution in [0.2, 0.25) is 0 Å². The Labute approximate surface area is 124 Å². The van der Waals surface area contributed by atoms with Crippen LogP contribution in [0.5, 0.6) is 0 Å². The second kappa shape index (κ2) is 5.43. The van der Waals surface area contributed by atoms with Gasteiger partial charge in [-0.2, -0.15) is 0 Å². The van der Waals surface area contributed by atoms with E-state index in [1.54, 1.807) is 29.8 Å². The molecule has 3 rings (SSSR count). The summed E-state index contributed by atoms with van der Waals surface area (Å²) >= 11 is 5.15. The molecule has 0 spiro atoms. The van der Waals surface area contributed by atoms with Gasteiger partial charge in [0.1, 0.15) is 0 Å². The Morgan fingerprint density at radius 2 is 2.37 bits per heavy atom. The van der Waals surface area contributed by atoms with E-state index in [-0.39, 0.29) is 11.8 Å². The van der Waals surface area contributed by atoms with Gasteiger partial charge in [0.2, 0.25) is 5.91 Å². The zero-order chi connectivity index (χ0) is 13.2. The van der Waals surface area contributed by atoms with Crippen LogP contribution in [0, 0.1) is 0 Å². The molecule has 5 heteroatoms. The summed E-state index contributed by atoms with van der Waals surface area (Å²) in [5, 5.41) is 5.07. The van der Waals surface area contributed by atoms with E-state index in [1.165, 1.54) is 10.4 Å². The van der Waals surface area contributed by atoms with Crippen molar-refractivity contribution in [2.45, 2.75) is 25.2 Å². The van der Waals surface area contributed by atoms with Gasteiger partial charge >= 0.3 is 0 Å². The number of pyridine rings is 1. The third kappa shape index (κ3) is 2.58. The van der Waals surface area contributed by atoms with Crippen molar-refractivity contribution in [3.63, 3.8) is 0 Å². The molecule has 0 bridgehead atoms. The van der Waals surface area contributed by atoms with Gasteiger partial charge in [0.15, 0.2) is 0 Å². The minimum atomic E-state index is -0.0185. The summed E-state index contributed by atoms with van der Waals surface area (Å²) < 4.78 is 0.810. The van der Waals surface area contributed by atoms with Crippen LogP contribution < -0.4 is 5.32 Å². The smallest absolute Gasteiger partial charge is 0.231 e. The number of carbonyl (C=O) groups is 1. The quantitative estimate of drug-likeness (QED) is 0.901. The molecule has 98 valence electrons. The summed E-state index contributed by atoms with van der Waals surface area (Å²) in [6, 6.07) is 3.89. The molecule has 1 amide bonds. The van der Waals surface area contributed by atoms with Gasteiger partial charge in [0, 0.05) is 17.3 Å². The fourth-order valence-corrected chi connectivity index (χ4v) is 3.79. The number of rotatable bonds is 2. The van der Waals surface area contributed by atoms with Crippen molar-refractivity contribution in [3.05, 3.63) is 44.8 Å². The Morgan fingerprint density at radius 3 is 3.21 bits per heavy atom. The Hall–Kier alpha value is -1.20. The van der Waals surface area contributed by atoms with E-state index in [4.69, 9.17) is 0 Å². The second-order valence-electron chi connectivity index (χ2n) is 4.59. The first-order valence-electron chi connectivity index (χ1n) is 6.22. The summed E-state index contributed by atoms with van der Waals surface area (Å²) in [5.74, 6) is 0.0568. The second-order valence-corrected chi connectivity index (χ2v) is 6.44. The van der Waals surface area contributed by atoms with E-state index in [2.05, 4.69) is 37.7 Å². The SMILES string of the molecule is O=C(Nc1ccncc1Br)C1CCCc2sccc21. The van der Waals surface area contributed by atoms with Crippen LogP contribution in [0.4, 0.5) is 5.69 Å². The maximum Gasteiger partial charge on any atom is 0.231 e. The van der Waals surface area contributed by atoms with Crippen molar-refractivity contribution in [2.75, 3.05) is 5.32 Å². The number of hydrogen-bond donors (Lipinski definition) is 1. The van der Waals surface area contributed by atoms with Gasteiger partial charge in [-0.25, -0.2) is 0 Å². The zero-order valence-corrected chi connectivity index (χ0v) is 12.6. The molecule has 2 aromatic heterocycles. The van der Waals surface area contributed by atoms with Crippen molar-refractivity contribution < 1.29 is 4.79 Å². The molecule has 1 unspecified atom stereocenters. The Bertz CT molecular complexity index is 611. The van der Waals surface area contributed by atoms with Crippen molar-refractivity contribution in [1.29, 1.82) is 0 Å². The van der Waals surface area contributed by atoms with Crippen LogP contribution >= 0.6 is 27.3 Å². The standard InChI is InChI=1S/C14H13BrN2OS/c15-11-8-16-6-4-12(11)17-14(18)10-2-1-3-13-9(10)5-7-19-13/h4-8,10H,1-3H2,(H,16,17,18).